The van der Waals surface area contributed by atoms with Crippen LogP contribution in [0.2, 0.25) is 0 Å². The molecule has 0 saturated carbocycles. The van der Waals surface area contributed by atoms with Crippen molar-refractivity contribution < 1.29 is 19.4 Å². The highest BCUT2D eigenvalue weighted by Crippen LogP contribution is 2.14. The maximum atomic E-state index is 11.6. The zero-order valence-electron chi connectivity index (χ0n) is 9.47. The topological polar surface area (TPSA) is 102 Å². The van der Waals surface area contributed by atoms with E-state index in [-0.39, 0.29) is 25.0 Å². The van der Waals surface area contributed by atoms with E-state index in [2.05, 4.69) is 5.32 Å². The largest absolute Gasteiger partial charge is 0.481 e. The van der Waals surface area contributed by atoms with Gasteiger partial charge in [0, 0.05) is 0 Å². The Kier molecular flexibility index (Phi) is 4.26. The number of carbonyl (C=O) groups excluding carboxylic acids is 1. The molecular formula is C10H18N2O4. The average molecular weight is 230 g/mol. The first kappa shape index (κ1) is 12.9. The maximum absolute atomic E-state index is 11.6. The quantitative estimate of drug-likeness (QED) is 0.586. The molecule has 6 nitrogen and oxygen atoms in total. The summed E-state index contributed by atoms with van der Waals surface area (Å²) in [6, 6.07) is -1.09. The van der Waals surface area contributed by atoms with Crippen molar-refractivity contribution in [1.29, 1.82) is 0 Å². The highest BCUT2D eigenvalue weighted by atomic mass is 16.5. The number of nitrogens with two attached hydrogens (primary N) is 1. The lowest BCUT2D eigenvalue weighted by Gasteiger charge is -2.20. The molecule has 1 heterocycles. The minimum atomic E-state index is -0.957. The smallest absolute Gasteiger partial charge is 0.311 e. The van der Waals surface area contributed by atoms with Gasteiger partial charge < -0.3 is 20.9 Å². The monoisotopic (exact) mass is 230 g/mol. The van der Waals surface area contributed by atoms with Gasteiger partial charge in [0.15, 0.2) is 0 Å². The lowest BCUT2D eigenvalue weighted by molar-refractivity contribution is -0.142. The van der Waals surface area contributed by atoms with Crippen LogP contribution in [-0.4, -0.2) is 42.3 Å². The molecule has 0 aromatic heterocycles. The van der Waals surface area contributed by atoms with Crippen molar-refractivity contribution in [3.63, 3.8) is 0 Å². The number of amides is 1. The molecule has 1 aliphatic rings. The number of hydrogen-bond donors (Lipinski definition) is 3. The van der Waals surface area contributed by atoms with E-state index in [4.69, 9.17) is 15.6 Å². The van der Waals surface area contributed by atoms with Gasteiger partial charge in [-0.2, -0.15) is 0 Å². The Morgan fingerprint density at radius 2 is 2.06 bits per heavy atom. The first-order valence-corrected chi connectivity index (χ1v) is 5.30. The normalized spacial score (nSPS) is 26.8. The SMILES string of the molecule is CC(C)[C@H](N)C(=O)NC1COCC1C(=O)O. The Balaban J connectivity index is 2.53. The van der Waals surface area contributed by atoms with E-state index in [1.54, 1.807) is 0 Å². The molecule has 1 saturated heterocycles. The maximum Gasteiger partial charge on any atom is 0.311 e. The highest BCUT2D eigenvalue weighted by Gasteiger charge is 2.36. The van der Waals surface area contributed by atoms with Crippen LogP contribution in [0.5, 0.6) is 0 Å². The third-order valence-corrected chi connectivity index (χ3v) is 2.75. The minimum Gasteiger partial charge on any atom is -0.481 e. The fraction of sp³-hybridized carbons (Fsp3) is 0.800. The van der Waals surface area contributed by atoms with E-state index in [1.807, 2.05) is 13.8 Å². The summed E-state index contributed by atoms with van der Waals surface area (Å²) >= 11 is 0. The van der Waals surface area contributed by atoms with Gasteiger partial charge in [0.25, 0.3) is 0 Å². The number of carboxylic acids is 1. The predicted molar refractivity (Wildman–Crippen MR) is 56.7 cm³/mol. The molecular weight excluding hydrogens is 212 g/mol. The van der Waals surface area contributed by atoms with Gasteiger partial charge in [-0.25, -0.2) is 0 Å². The number of carbonyl (C=O) groups is 2. The van der Waals surface area contributed by atoms with Crippen molar-refractivity contribution in [3.05, 3.63) is 0 Å². The van der Waals surface area contributed by atoms with Crippen LogP contribution in [0.1, 0.15) is 13.8 Å². The standard InChI is InChI=1S/C10H18N2O4/c1-5(2)8(11)9(13)12-7-4-16-3-6(7)10(14)15/h5-8H,3-4,11H2,1-2H3,(H,12,13)(H,14,15)/t6?,7?,8-/m0/s1. The third kappa shape index (κ3) is 2.93. The molecule has 2 unspecified atom stereocenters. The molecule has 3 atom stereocenters. The molecule has 16 heavy (non-hydrogen) atoms. The van der Waals surface area contributed by atoms with E-state index in [0.29, 0.717) is 0 Å². The fourth-order valence-corrected chi connectivity index (χ4v) is 1.52. The second-order valence-corrected chi connectivity index (χ2v) is 4.37. The van der Waals surface area contributed by atoms with Crippen LogP contribution in [-0.2, 0) is 14.3 Å². The average Bonchev–Trinajstić information content (AvgIpc) is 2.64. The molecule has 0 aliphatic carbocycles. The number of rotatable bonds is 4. The van der Waals surface area contributed by atoms with E-state index in [9.17, 15) is 9.59 Å². The third-order valence-electron chi connectivity index (χ3n) is 2.75. The summed E-state index contributed by atoms with van der Waals surface area (Å²) < 4.78 is 5.04. The highest BCUT2D eigenvalue weighted by molar-refractivity contribution is 5.83. The van der Waals surface area contributed by atoms with Gasteiger partial charge in [-0.1, -0.05) is 13.8 Å². The number of nitrogens with one attached hydrogen (secondary N) is 1. The zero-order chi connectivity index (χ0) is 12.3. The molecule has 1 aliphatic heterocycles. The second-order valence-electron chi connectivity index (χ2n) is 4.37. The second kappa shape index (κ2) is 5.27. The summed E-state index contributed by atoms with van der Waals surface area (Å²) in [6.07, 6.45) is 0. The lowest BCUT2D eigenvalue weighted by Crippen LogP contribution is -2.51. The van der Waals surface area contributed by atoms with Gasteiger partial charge in [-0.05, 0) is 5.92 Å². The van der Waals surface area contributed by atoms with E-state index < -0.39 is 24.0 Å². The molecule has 1 rings (SSSR count). The molecule has 0 spiro atoms. The Bertz CT molecular complexity index is 280. The molecule has 1 amide bonds. The first-order chi connectivity index (χ1) is 7.43. The zero-order valence-corrected chi connectivity index (χ0v) is 9.47. The van der Waals surface area contributed by atoms with Crippen LogP contribution < -0.4 is 11.1 Å². The Hall–Kier alpha value is -1.14. The summed E-state index contributed by atoms with van der Waals surface area (Å²) in [6.45, 7) is 4.04. The van der Waals surface area contributed by atoms with Crippen LogP contribution in [0, 0.1) is 11.8 Å². The van der Waals surface area contributed by atoms with Gasteiger partial charge in [-0.15, -0.1) is 0 Å². The Labute approximate surface area is 94.1 Å². The number of aliphatic carboxylic acids is 1. The molecule has 0 aromatic carbocycles. The molecule has 4 N–H and O–H groups in total. The summed E-state index contributed by atoms with van der Waals surface area (Å²) in [5.41, 5.74) is 5.66. The Morgan fingerprint density at radius 3 is 2.56 bits per heavy atom. The summed E-state index contributed by atoms with van der Waals surface area (Å²) in [4.78, 5) is 22.5. The van der Waals surface area contributed by atoms with Gasteiger partial charge in [0.1, 0.15) is 5.92 Å². The molecule has 0 aromatic rings. The lowest BCUT2D eigenvalue weighted by atomic mass is 10.0. The molecule has 1 fully saturated rings. The van der Waals surface area contributed by atoms with E-state index in [0.717, 1.165) is 0 Å². The van der Waals surface area contributed by atoms with Crippen molar-refractivity contribution in [2.75, 3.05) is 13.2 Å². The van der Waals surface area contributed by atoms with Crippen LogP contribution >= 0.6 is 0 Å². The van der Waals surface area contributed by atoms with E-state index in [1.165, 1.54) is 0 Å². The van der Waals surface area contributed by atoms with Crippen molar-refractivity contribution >= 4 is 11.9 Å². The summed E-state index contributed by atoms with van der Waals surface area (Å²) in [7, 11) is 0. The number of ether oxygens (including phenoxy) is 1. The van der Waals surface area contributed by atoms with Gasteiger partial charge in [0.2, 0.25) is 5.91 Å². The molecule has 0 radical (unpaired) electrons. The predicted octanol–water partition coefficient (Wildman–Crippen LogP) is -0.814. The van der Waals surface area contributed by atoms with Gasteiger partial charge in [0.05, 0.1) is 25.3 Å². The summed E-state index contributed by atoms with van der Waals surface area (Å²) in [5.74, 6) is -1.94. The molecule has 92 valence electrons. The summed E-state index contributed by atoms with van der Waals surface area (Å²) in [5, 5.41) is 11.5. The minimum absolute atomic E-state index is 0.0191. The van der Waals surface area contributed by atoms with Gasteiger partial charge in [-0.3, -0.25) is 9.59 Å². The van der Waals surface area contributed by atoms with Crippen molar-refractivity contribution in [2.24, 2.45) is 17.6 Å². The fourth-order valence-electron chi connectivity index (χ4n) is 1.52. The van der Waals surface area contributed by atoms with Crippen LogP contribution in [0.25, 0.3) is 0 Å². The molecule has 6 heteroatoms. The van der Waals surface area contributed by atoms with E-state index >= 15 is 0 Å². The number of hydrogen-bond acceptors (Lipinski definition) is 4. The van der Waals surface area contributed by atoms with Crippen molar-refractivity contribution in [2.45, 2.75) is 25.9 Å². The van der Waals surface area contributed by atoms with Crippen LogP contribution in [0.4, 0.5) is 0 Å². The van der Waals surface area contributed by atoms with Crippen LogP contribution in [0.3, 0.4) is 0 Å². The molecule has 0 bridgehead atoms. The first-order valence-electron chi connectivity index (χ1n) is 5.30. The number of carboxylic acid groups (broad SMARTS) is 1. The van der Waals surface area contributed by atoms with Crippen LogP contribution in [0.15, 0.2) is 0 Å². The Morgan fingerprint density at radius 1 is 1.44 bits per heavy atom. The van der Waals surface area contributed by atoms with Crippen molar-refractivity contribution in [1.82, 2.24) is 5.32 Å². The van der Waals surface area contributed by atoms with Gasteiger partial charge >= 0.3 is 5.97 Å². The van der Waals surface area contributed by atoms with Crippen molar-refractivity contribution in [3.8, 4) is 0 Å².